The number of benzene rings is 2. The third-order valence-electron chi connectivity index (χ3n) is 4.89. The Hall–Kier alpha value is -2.55. The van der Waals surface area contributed by atoms with Gasteiger partial charge in [0.05, 0.1) is 16.7 Å². The Kier molecular flexibility index (Phi) is 5.25. The largest absolute Gasteiger partial charge is 0.334 e. The van der Waals surface area contributed by atoms with Crippen LogP contribution in [-0.4, -0.2) is 50.1 Å². The van der Waals surface area contributed by atoms with Gasteiger partial charge < -0.3 is 9.84 Å². The minimum absolute atomic E-state index is 0.0382. The summed E-state index contributed by atoms with van der Waals surface area (Å²) in [5.41, 5.74) is 1.35. The van der Waals surface area contributed by atoms with Gasteiger partial charge in [0.15, 0.2) is 15.7 Å². The molecule has 8 heteroatoms. The first-order valence-corrected chi connectivity index (χ1v) is 10.8. The fourth-order valence-corrected chi connectivity index (χ4v) is 4.67. The maximum atomic E-state index is 12.8. The van der Waals surface area contributed by atoms with E-state index in [2.05, 4.69) is 20.4 Å². The number of likely N-dealkylation sites (N-methyl/N-ethyl adjacent to an activating group) is 1. The van der Waals surface area contributed by atoms with E-state index in [4.69, 9.17) is 4.52 Å². The van der Waals surface area contributed by atoms with Gasteiger partial charge in [-0.2, -0.15) is 4.98 Å². The Bertz CT molecular complexity index is 1050. The number of nitrogens with one attached hydrogen (secondary N) is 1. The topological polar surface area (TPSA) is 88.3 Å². The average Bonchev–Trinajstić information content (AvgIpc) is 3.19. The molecular formula is C20H22N4O3S. The molecule has 3 aromatic rings. The minimum Gasteiger partial charge on any atom is -0.334 e. The summed E-state index contributed by atoms with van der Waals surface area (Å²) in [5.74, 6) is 0.873. The van der Waals surface area contributed by atoms with Crippen LogP contribution in [-0.2, 0) is 15.6 Å². The zero-order valence-electron chi connectivity index (χ0n) is 15.6. The highest BCUT2D eigenvalue weighted by Crippen LogP contribution is 2.26. The number of rotatable bonds is 5. The summed E-state index contributed by atoms with van der Waals surface area (Å²) in [4.78, 5) is 6.92. The molecule has 1 fully saturated rings. The highest BCUT2D eigenvalue weighted by molar-refractivity contribution is 7.90. The summed E-state index contributed by atoms with van der Waals surface area (Å²) in [5, 5.41) is 7.43. The second-order valence-electron chi connectivity index (χ2n) is 6.93. The molecule has 1 atom stereocenters. The van der Waals surface area contributed by atoms with E-state index in [9.17, 15) is 8.42 Å². The van der Waals surface area contributed by atoms with Crippen molar-refractivity contribution in [2.24, 2.45) is 0 Å². The lowest BCUT2D eigenvalue weighted by Crippen LogP contribution is -2.44. The first kappa shape index (κ1) is 18.8. The van der Waals surface area contributed by atoms with Crippen LogP contribution >= 0.6 is 0 Å². The van der Waals surface area contributed by atoms with Crippen molar-refractivity contribution in [2.75, 3.05) is 26.7 Å². The third kappa shape index (κ3) is 3.99. The minimum atomic E-state index is -3.47. The van der Waals surface area contributed by atoms with Crippen LogP contribution in [0.2, 0.25) is 0 Å². The first-order valence-electron chi connectivity index (χ1n) is 9.14. The van der Waals surface area contributed by atoms with Gasteiger partial charge in [-0.25, -0.2) is 8.42 Å². The van der Waals surface area contributed by atoms with Crippen LogP contribution in [0.25, 0.3) is 11.5 Å². The van der Waals surface area contributed by atoms with E-state index < -0.39 is 9.84 Å². The van der Waals surface area contributed by atoms with Crippen LogP contribution in [0, 0.1) is 0 Å². The molecule has 4 rings (SSSR count). The summed E-state index contributed by atoms with van der Waals surface area (Å²) < 4.78 is 31.0. The van der Waals surface area contributed by atoms with Crippen LogP contribution in [0.5, 0.6) is 0 Å². The van der Waals surface area contributed by atoms with E-state index >= 15 is 0 Å². The van der Waals surface area contributed by atoms with E-state index in [0.717, 1.165) is 25.2 Å². The molecule has 0 bridgehead atoms. The first-order chi connectivity index (χ1) is 13.5. The maximum absolute atomic E-state index is 12.8. The van der Waals surface area contributed by atoms with Gasteiger partial charge in [0.25, 0.3) is 5.89 Å². The number of sulfone groups is 1. The number of hydrogen-bond acceptors (Lipinski definition) is 7. The van der Waals surface area contributed by atoms with Crippen molar-refractivity contribution in [3.05, 3.63) is 66.0 Å². The molecule has 2 heterocycles. The van der Waals surface area contributed by atoms with Crippen molar-refractivity contribution in [1.82, 2.24) is 20.4 Å². The predicted molar refractivity (Wildman–Crippen MR) is 105 cm³/mol. The average molecular weight is 398 g/mol. The van der Waals surface area contributed by atoms with E-state index in [1.807, 2.05) is 25.2 Å². The van der Waals surface area contributed by atoms with Gasteiger partial charge >= 0.3 is 0 Å². The zero-order chi connectivity index (χ0) is 19.6. The van der Waals surface area contributed by atoms with Crippen molar-refractivity contribution >= 4 is 9.84 Å². The molecule has 1 saturated heterocycles. The lowest BCUT2D eigenvalue weighted by atomic mass is 10.2. The molecule has 0 spiro atoms. The molecule has 1 aliphatic rings. The standard InChI is InChI=1S/C20H22N4O3S/c1-24-11-10-21-13-18(24)19-22-20(27-23-19)16-8-5-9-17(12-16)28(25,26)14-15-6-3-2-4-7-15/h2-9,12,18,21H,10-11,13-14H2,1H3. The fraction of sp³-hybridized carbons (Fsp3) is 0.300. The molecule has 2 aromatic carbocycles. The Labute approximate surface area is 164 Å². The lowest BCUT2D eigenvalue weighted by molar-refractivity contribution is 0.190. The second kappa shape index (κ2) is 7.83. The molecule has 1 unspecified atom stereocenters. The molecule has 1 aromatic heterocycles. The highest BCUT2D eigenvalue weighted by Gasteiger charge is 2.26. The van der Waals surface area contributed by atoms with Crippen LogP contribution in [0.4, 0.5) is 0 Å². The van der Waals surface area contributed by atoms with E-state index in [-0.39, 0.29) is 16.7 Å². The molecule has 1 N–H and O–H groups in total. The van der Waals surface area contributed by atoms with Crippen LogP contribution in [0.1, 0.15) is 17.4 Å². The van der Waals surface area contributed by atoms with Crippen molar-refractivity contribution < 1.29 is 12.9 Å². The summed E-state index contributed by atoms with van der Waals surface area (Å²) in [7, 11) is -1.45. The third-order valence-corrected chi connectivity index (χ3v) is 6.58. The van der Waals surface area contributed by atoms with Crippen LogP contribution in [0.3, 0.4) is 0 Å². The molecule has 0 saturated carbocycles. The zero-order valence-corrected chi connectivity index (χ0v) is 16.4. The van der Waals surface area contributed by atoms with Crippen molar-refractivity contribution in [3.8, 4) is 11.5 Å². The SMILES string of the molecule is CN1CCNCC1c1noc(-c2cccc(S(=O)(=O)Cc3ccccc3)c2)n1. The molecule has 146 valence electrons. The summed E-state index contributed by atoms with van der Waals surface area (Å²) in [6.45, 7) is 2.59. The highest BCUT2D eigenvalue weighted by atomic mass is 32.2. The predicted octanol–water partition coefficient (Wildman–Crippen LogP) is 2.29. The van der Waals surface area contributed by atoms with Gasteiger partial charge in [-0.05, 0) is 30.8 Å². The maximum Gasteiger partial charge on any atom is 0.258 e. The van der Waals surface area contributed by atoms with Crippen LogP contribution < -0.4 is 5.32 Å². The van der Waals surface area contributed by atoms with E-state index in [1.165, 1.54) is 0 Å². The Morgan fingerprint density at radius 1 is 1.18 bits per heavy atom. The van der Waals surface area contributed by atoms with Crippen LogP contribution in [0.15, 0.2) is 64.0 Å². The monoisotopic (exact) mass is 398 g/mol. The summed E-state index contributed by atoms with van der Waals surface area (Å²) in [6.07, 6.45) is 0. The quantitative estimate of drug-likeness (QED) is 0.705. The molecule has 1 aliphatic heterocycles. The number of aromatic nitrogens is 2. The second-order valence-corrected chi connectivity index (χ2v) is 8.92. The molecule has 0 aliphatic carbocycles. The molecular weight excluding hydrogens is 376 g/mol. The Morgan fingerprint density at radius 3 is 2.79 bits per heavy atom. The number of hydrogen-bond donors (Lipinski definition) is 1. The lowest BCUT2D eigenvalue weighted by Gasteiger charge is -2.30. The van der Waals surface area contributed by atoms with Crippen molar-refractivity contribution in [3.63, 3.8) is 0 Å². The molecule has 0 radical (unpaired) electrons. The summed E-state index contributed by atoms with van der Waals surface area (Å²) in [6, 6.07) is 15.8. The molecule has 0 amide bonds. The summed E-state index contributed by atoms with van der Waals surface area (Å²) >= 11 is 0. The number of nitrogens with zero attached hydrogens (tertiary/aromatic N) is 3. The van der Waals surface area contributed by atoms with Crippen molar-refractivity contribution in [1.29, 1.82) is 0 Å². The van der Waals surface area contributed by atoms with Gasteiger partial charge in [0, 0.05) is 25.2 Å². The van der Waals surface area contributed by atoms with Crippen molar-refractivity contribution in [2.45, 2.75) is 16.7 Å². The number of piperazine rings is 1. The van der Waals surface area contributed by atoms with E-state index in [1.54, 1.807) is 36.4 Å². The molecule has 28 heavy (non-hydrogen) atoms. The fourth-order valence-electron chi connectivity index (χ4n) is 3.28. The normalized spacial score (nSPS) is 18.2. The van der Waals surface area contributed by atoms with Gasteiger partial charge in [-0.1, -0.05) is 41.6 Å². The van der Waals surface area contributed by atoms with Gasteiger partial charge in [0.1, 0.15) is 0 Å². The Balaban J connectivity index is 1.59. The Morgan fingerprint density at radius 2 is 2.00 bits per heavy atom. The van der Waals surface area contributed by atoms with Gasteiger partial charge in [-0.15, -0.1) is 0 Å². The smallest absolute Gasteiger partial charge is 0.258 e. The molecule has 7 nitrogen and oxygen atoms in total. The van der Waals surface area contributed by atoms with E-state index in [0.29, 0.717) is 17.3 Å². The van der Waals surface area contributed by atoms with Gasteiger partial charge in [-0.3, -0.25) is 4.90 Å². The van der Waals surface area contributed by atoms with Gasteiger partial charge in [0.2, 0.25) is 0 Å².